The third-order valence-electron chi connectivity index (χ3n) is 4.24. The molecule has 0 atom stereocenters. The topological polar surface area (TPSA) is 88.1 Å². The van der Waals surface area contributed by atoms with Crippen LogP contribution in [0.1, 0.15) is 33.2 Å². The second-order valence-electron chi connectivity index (χ2n) is 6.55. The van der Waals surface area contributed by atoms with Gasteiger partial charge in [0.05, 0.1) is 18.2 Å². The molecular weight excluding hydrogens is 400 g/mol. The number of hydrogen-bond donors (Lipinski definition) is 0. The van der Waals surface area contributed by atoms with Crippen molar-refractivity contribution in [3.8, 4) is 23.0 Å². The monoisotopic (exact) mass is 420 g/mol. The summed E-state index contributed by atoms with van der Waals surface area (Å²) in [6, 6.07) is 17.3. The van der Waals surface area contributed by atoms with E-state index in [1.54, 1.807) is 56.5 Å². The van der Waals surface area contributed by atoms with Gasteiger partial charge in [0.2, 0.25) is 0 Å². The van der Waals surface area contributed by atoms with Crippen LogP contribution >= 0.6 is 0 Å². The first-order valence-electron chi connectivity index (χ1n) is 9.33. The molecular formula is C24H20O7. The molecule has 0 radical (unpaired) electrons. The van der Waals surface area contributed by atoms with E-state index in [0.29, 0.717) is 39.7 Å². The number of rotatable bonds is 6. The molecule has 0 aliphatic rings. The van der Waals surface area contributed by atoms with Gasteiger partial charge in [0.15, 0.2) is 0 Å². The Morgan fingerprint density at radius 2 is 1.16 bits per heavy atom. The van der Waals surface area contributed by atoms with Gasteiger partial charge in [-0.1, -0.05) is 0 Å². The summed E-state index contributed by atoms with van der Waals surface area (Å²) in [5, 5.41) is 0. The first kappa shape index (κ1) is 21.6. The summed E-state index contributed by atoms with van der Waals surface area (Å²) in [4.78, 5) is 35.6. The summed E-state index contributed by atoms with van der Waals surface area (Å²) < 4.78 is 20.8. The number of esters is 3. The maximum absolute atomic E-state index is 12.4. The van der Waals surface area contributed by atoms with E-state index in [4.69, 9.17) is 18.9 Å². The summed E-state index contributed by atoms with van der Waals surface area (Å²) in [5.41, 5.74) is 1.29. The highest BCUT2D eigenvalue weighted by molar-refractivity contribution is 5.92. The number of hydrogen-bond acceptors (Lipinski definition) is 7. The zero-order valence-corrected chi connectivity index (χ0v) is 17.2. The molecule has 0 N–H and O–H groups in total. The number of ether oxygens (including phenoxy) is 4. The van der Waals surface area contributed by atoms with E-state index >= 15 is 0 Å². The van der Waals surface area contributed by atoms with E-state index in [9.17, 15) is 14.4 Å². The number of carbonyl (C=O) groups is 3. The Morgan fingerprint density at radius 3 is 1.68 bits per heavy atom. The second-order valence-corrected chi connectivity index (χ2v) is 6.55. The Labute approximate surface area is 179 Å². The van der Waals surface area contributed by atoms with Gasteiger partial charge in [-0.05, 0) is 79.2 Å². The van der Waals surface area contributed by atoms with Crippen molar-refractivity contribution in [1.29, 1.82) is 0 Å². The van der Waals surface area contributed by atoms with Crippen LogP contribution in [-0.2, 0) is 4.79 Å². The second kappa shape index (κ2) is 9.58. The summed E-state index contributed by atoms with van der Waals surface area (Å²) in [7, 11) is 1.54. The van der Waals surface area contributed by atoms with E-state index in [-0.39, 0.29) is 0 Å². The first-order valence-corrected chi connectivity index (χ1v) is 9.33. The van der Waals surface area contributed by atoms with Crippen molar-refractivity contribution >= 4 is 17.9 Å². The molecule has 3 aromatic rings. The number of benzene rings is 3. The third-order valence-corrected chi connectivity index (χ3v) is 4.24. The van der Waals surface area contributed by atoms with Crippen LogP contribution in [0.3, 0.4) is 0 Å². The van der Waals surface area contributed by atoms with E-state index in [0.717, 1.165) is 0 Å². The van der Waals surface area contributed by atoms with Gasteiger partial charge in [0.1, 0.15) is 23.0 Å². The highest BCUT2D eigenvalue weighted by atomic mass is 16.5. The highest BCUT2D eigenvalue weighted by Gasteiger charge is 2.14. The minimum absolute atomic E-state index is 0.297. The van der Waals surface area contributed by atoms with E-state index < -0.39 is 17.9 Å². The van der Waals surface area contributed by atoms with Crippen LogP contribution in [0.5, 0.6) is 23.0 Å². The van der Waals surface area contributed by atoms with Crippen molar-refractivity contribution in [1.82, 2.24) is 0 Å². The van der Waals surface area contributed by atoms with Crippen molar-refractivity contribution in [3.63, 3.8) is 0 Å². The smallest absolute Gasteiger partial charge is 0.343 e. The van der Waals surface area contributed by atoms with Gasteiger partial charge in [-0.25, -0.2) is 9.59 Å². The van der Waals surface area contributed by atoms with Gasteiger partial charge in [-0.15, -0.1) is 0 Å². The molecule has 3 rings (SSSR count). The van der Waals surface area contributed by atoms with Crippen LogP contribution in [0.15, 0.2) is 66.7 Å². The lowest BCUT2D eigenvalue weighted by atomic mass is 10.2. The number of carbonyl (C=O) groups excluding carboxylic acids is 3. The molecule has 7 nitrogen and oxygen atoms in total. The molecule has 0 bridgehead atoms. The first-order chi connectivity index (χ1) is 14.9. The van der Waals surface area contributed by atoms with Crippen LogP contribution in [0.25, 0.3) is 0 Å². The summed E-state index contributed by atoms with van der Waals surface area (Å²) in [6.45, 7) is 3.03. The zero-order chi connectivity index (χ0) is 22.4. The SMILES string of the molecule is COc1ccc(C(=O)Oc2ccc(OC(=O)c3ccc(OC(C)=O)cc3)c(C)c2)cc1. The van der Waals surface area contributed by atoms with E-state index in [2.05, 4.69) is 0 Å². The fourth-order valence-corrected chi connectivity index (χ4v) is 2.68. The van der Waals surface area contributed by atoms with Gasteiger partial charge in [0, 0.05) is 6.92 Å². The van der Waals surface area contributed by atoms with Gasteiger partial charge >= 0.3 is 17.9 Å². The van der Waals surface area contributed by atoms with Gasteiger partial charge in [0.25, 0.3) is 0 Å². The van der Waals surface area contributed by atoms with E-state index in [1.165, 1.54) is 31.2 Å². The minimum atomic E-state index is -0.569. The molecule has 0 amide bonds. The molecule has 7 heteroatoms. The van der Waals surface area contributed by atoms with Gasteiger partial charge in [-0.3, -0.25) is 4.79 Å². The minimum Gasteiger partial charge on any atom is -0.497 e. The summed E-state index contributed by atoms with van der Waals surface area (Å²) in [5.74, 6) is 0.101. The van der Waals surface area contributed by atoms with Crippen LogP contribution in [0.2, 0.25) is 0 Å². The fourth-order valence-electron chi connectivity index (χ4n) is 2.68. The molecule has 0 aromatic heterocycles. The molecule has 3 aromatic carbocycles. The molecule has 0 heterocycles. The fraction of sp³-hybridized carbons (Fsp3) is 0.125. The number of aryl methyl sites for hydroxylation is 1. The number of methoxy groups -OCH3 is 1. The van der Waals surface area contributed by atoms with Crippen molar-refractivity contribution in [2.45, 2.75) is 13.8 Å². The molecule has 0 saturated carbocycles. The van der Waals surface area contributed by atoms with Gasteiger partial charge in [-0.2, -0.15) is 0 Å². The predicted octanol–water partition coefficient (Wildman–Crippen LogP) is 4.37. The van der Waals surface area contributed by atoms with Crippen LogP contribution in [0, 0.1) is 6.92 Å². The average Bonchev–Trinajstić information content (AvgIpc) is 2.75. The normalized spacial score (nSPS) is 10.2. The quantitative estimate of drug-likeness (QED) is 0.432. The van der Waals surface area contributed by atoms with E-state index in [1.807, 2.05) is 0 Å². The molecule has 0 unspecified atom stereocenters. The van der Waals surface area contributed by atoms with Crippen LogP contribution in [0.4, 0.5) is 0 Å². The molecule has 0 saturated heterocycles. The molecule has 0 aliphatic carbocycles. The summed E-state index contributed by atoms with van der Waals surface area (Å²) >= 11 is 0. The van der Waals surface area contributed by atoms with Crippen LogP contribution in [-0.4, -0.2) is 25.0 Å². The molecule has 31 heavy (non-hydrogen) atoms. The Kier molecular flexibility index (Phi) is 6.67. The Morgan fingerprint density at radius 1 is 0.645 bits per heavy atom. The Bertz CT molecular complexity index is 1100. The predicted molar refractivity (Wildman–Crippen MR) is 112 cm³/mol. The van der Waals surface area contributed by atoms with Crippen molar-refractivity contribution in [3.05, 3.63) is 83.4 Å². The highest BCUT2D eigenvalue weighted by Crippen LogP contribution is 2.25. The summed E-state index contributed by atoms with van der Waals surface area (Å²) in [6.07, 6.45) is 0. The lowest BCUT2D eigenvalue weighted by molar-refractivity contribution is -0.131. The van der Waals surface area contributed by atoms with Crippen molar-refractivity contribution in [2.24, 2.45) is 0 Å². The molecule has 0 spiro atoms. The maximum atomic E-state index is 12.4. The lowest BCUT2D eigenvalue weighted by Gasteiger charge is -2.10. The molecule has 158 valence electrons. The standard InChI is InChI=1S/C24H20O7/c1-15-14-21(30-23(26)17-4-8-19(28-3)9-5-17)12-13-22(15)31-24(27)18-6-10-20(11-7-18)29-16(2)25/h4-14H,1-3H3. The third kappa shape index (κ3) is 5.70. The van der Waals surface area contributed by atoms with Crippen LogP contribution < -0.4 is 18.9 Å². The molecule has 0 fully saturated rings. The van der Waals surface area contributed by atoms with Crippen molar-refractivity contribution in [2.75, 3.05) is 7.11 Å². The van der Waals surface area contributed by atoms with Gasteiger partial charge < -0.3 is 18.9 Å². The lowest BCUT2D eigenvalue weighted by Crippen LogP contribution is -2.11. The zero-order valence-electron chi connectivity index (χ0n) is 17.2. The largest absolute Gasteiger partial charge is 0.497 e. The van der Waals surface area contributed by atoms with Crippen molar-refractivity contribution < 1.29 is 33.3 Å². The maximum Gasteiger partial charge on any atom is 0.343 e. The average molecular weight is 420 g/mol. The molecule has 0 aliphatic heterocycles. The Balaban J connectivity index is 1.65. The Hall–Kier alpha value is -4.13.